The van der Waals surface area contributed by atoms with Crippen LogP contribution in [0.3, 0.4) is 0 Å². The molecule has 0 amide bonds. The van der Waals surface area contributed by atoms with E-state index in [0.717, 1.165) is 102 Å². The van der Waals surface area contributed by atoms with E-state index in [1.165, 1.54) is 225 Å². The van der Waals surface area contributed by atoms with Crippen molar-refractivity contribution >= 4 is 39.5 Å². The van der Waals surface area contributed by atoms with Crippen molar-refractivity contribution in [1.29, 1.82) is 0 Å². The number of hydrogen-bond donors (Lipinski definition) is 3. The number of phosphoric acid groups is 2. The number of carbonyl (C=O) groups excluding carboxylic acids is 4. The van der Waals surface area contributed by atoms with E-state index in [4.69, 9.17) is 37.0 Å². The Morgan fingerprint density at radius 2 is 0.526 bits per heavy atom. The van der Waals surface area contributed by atoms with E-state index in [0.29, 0.717) is 25.7 Å². The number of rotatable bonds is 77. The molecule has 0 aromatic rings. The first-order valence-corrected chi connectivity index (χ1v) is 43.5. The van der Waals surface area contributed by atoms with Crippen molar-refractivity contribution < 1.29 is 80.2 Å². The van der Waals surface area contributed by atoms with Crippen LogP contribution in [0.15, 0.2) is 0 Å². The zero-order valence-corrected chi connectivity index (χ0v) is 65.2. The number of aliphatic hydroxyl groups excluding tert-OH is 1. The molecule has 0 fully saturated rings. The minimum absolute atomic E-state index is 0.103. The van der Waals surface area contributed by atoms with Crippen molar-refractivity contribution in [2.45, 2.75) is 426 Å². The summed E-state index contributed by atoms with van der Waals surface area (Å²) >= 11 is 0. The lowest BCUT2D eigenvalue weighted by atomic mass is 10.00. The molecular formula is C78H152O17P2. The maximum Gasteiger partial charge on any atom is 0.472 e. The molecule has 0 bridgehead atoms. The van der Waals surface area contributed by atoms with E-state index in [9.17, 15) is 43.2 Å². The van der Waals surface area contributed by atoms with Crippen molar-refractivity contribution in [3.8, 4) is 0 Å². The number of unbranched alkanes of at least 4 members (excludes halogenated alkanes) is 46. The van der Waals surface area contributed by atoms with Gasteiger partial charge >= 0.3 is 39.5 Å². The molecule has 3 unspecified atom stereocenters. The van der Waals surface area contributed by atoms with Crippen molar-refractivity contribution in [2.24, 2.45) is 11.8 Å². The summed E-state index contributed by atoms with van der Waals surface area (Å²) in [7, 11) is -9.91. The summed E-state index contributed by atoms with van der Waals surface area (Å²) in [6, 6.07) is 0. The SMILES string of the molecule is CCCCCCCCCCCCCCCCCCCCCCCCC(=O)O[C@H](COC(=O)CCCCCCCCCCCCCCC(C)C)COP(=O)(O)OC[C@@H](O)COP(=O)(O)OC[C@@H](COC(=O)CCCCCCCCCCCC)OC(=O)CCCCCCCCC(C)CC. The van der Waals surface area contributed by atoms with Gasteiger partial charge in [0.2, 0.25) is 0 Å². The highest BCUT2D eigenvalue weighted by Gasteiger charge is 2.30. The van der Waals surface area contributed by atoms with Gasteiger partial charge in [0.25, 0.3) is 0 Å². The molecule has 0 aliphatic carbocycles. The first kappa shape index (κ1) is 95.1. The monoisotopic (exact) mass is 1420 g/mol. The number of carbonyl (C=O) groups is 4. The van der Waals surface area contributed by atoms with E-state index in [2.05, 4.69) is 41.5 Å². The fraction of sp³-hybridized carbons (Fsp3) is 0.949. The summed E-state index contributed by atoms with van der Waals surface area (Å²) < 4.78 is 68.5. The van der Waals surface area contributed by atoms with Crippen LogP contribution in [0.25, 0.3) is 0 Å². The molecule has 19 heteroatoms. The van der Waals surface area contributed by atoms with Crippen LogP contribution in [-0.4, -0.2) is 96.7 Å². The Kier molecular flexibility index (Phi) is 68.4. The predicted molar refractivity (Wildman–Crippen MR) is 395 cm³/mol. The fourth-order valence-electron chi connectivity index (χ4n) is 12.0. The van der Waals surface area contributed by atoms with E-state index >= 15 is 0 Å². The molecule has 0 aliphatic heterocycles. The number of ether oxygens (including phenoxy) is 4. The molecular weight excluding hydrogens is 1270 g/mol. The highest BCUT2D eigenvalue weighted by molar-refractivity contribution is 7.47. The molecule has 3 N–H and O–H groups in total. The van der Waals surface area contributed by atoms with Crippen LogP contribution in [-0.2, 0) is 65.4 Å². The number of hydrogen-bond acceptors (Lipinski definition) is 15. The lowest BCUT2D eigenvalue weighted by Crippen LogP contribution is -2.30. The molecule has 0 radical (unpaired) electrons. The highest BCUT2D eigenvalue weighted by Crippen LogP contribution is 2.45. The molecule has 0 saturated carbocycles. The van der Waals surface area contributed by atoms with Gasteiger partial charge in [-0.05, 0) is 37.5 Å². The van der Waals surface area contributed by atoms with Crippen LogP contribution in [0, 0.1) is 11.8 Å². The van der Waals surface area contributed by atoms with Gasteiger partial charge in [-0.25, -0.2) is 9.13 Å². The normalized spacial score (nSPS) is 14.2. The topological polar surface area (TPSA) is 237 Å². The molecule has 17 nitrogen and oxygen atoms in total. The highest BCUT2D eigenvalue weighted by atomic mass is 31.2. The summed E-state index contributed by atoms with van der Waals surface area (Å²) in [6.45, 7) is 9.56. The van der Waals surface area contributed by atoms with E-state index in [1.807, 2.05) is 0 Å². The van der Waals surface area contributed by atoms with Crippen molar-refractivity contribution in [3.05, 3.63) is 0 Å². The molecule has 97 heavy (non-hydrogen) atoms. The van der Waals surface area contributed by atoms with Gasteiger partial charge in [-0.15, -0.1) is 0 Å². The fourth-order valence-corrected chi connectivity index (χ4v) is 13.6. The Balaban J connectivity index is 5.18. The quantitative estimate of drug-likeness (QED) is 0.0222. The third-order valence-corrected chi connectivity index (χ3v) is 20.5. The van der Waals surface area contributed by atoms with Gasteiger partial charge in [0.15, 0.2) is 12.2 Å². The minimum Gasteiger partial charge on any atom is -0.462 e. The second kappa shape index (κ2) is 69.8. The average Bonchev–Trinajstić information content (AvgIpc) is 1.87. The Hall–Kier alpha value is -1.94. The maximum absolute atomic E-state index is 13.1. The zero-order chi connectivity index (χ0) is 71.4. The lowest BCUT2D eigenvalue weighted by molar-refractivity contribution is -0.161. The van der Waals surface area contributed by atoms with Crippen LogP contribution >= 0.6 is 15.6 Å². The first-order chi connectivity index (χ1) is 46.9. The largest absolute Gasteiger partial charge is 0.472 e. The van der Waals surface area contributed by atoms with Crippen LogP contribution in [0.1, 0.15) is 408 Å². The molecule has 0 saturated heterocycles. The molecule has 576 valence electrons. The summed E-state index contributed by atoms with van der Waals surface area (Å²) in [4.78, 5) is 72.8. The summed E-state index contributed by atoms with van der Waals surface area (Å²) in [5.74, 6) is -0.616. The van der Waals surface area contributed by atoms with Gasteiger partial charge in [0.05, 0.1) is 26.4 Å². The van der Waals surface area contributed by atoms with Crippen LogP contribution in [0.2, 0.25) is 0 Å². The number of aliphatic hydroxyl groups is 1. The smallest absolute Gasteiger partial charge is 0.462 e. The minimum atomic E-state index is -4.96. The van der Waals surface area contributed by atoms with Gasteiger partial charge in [0.1, 0.15) is 19.3 Å². The van der Waals surface area contributed by atoms with Gasteiger partial charge in [-0.1, -0.05) is 356 Å². The second-order valence-corrected chi connectivity index (χ2v) is 31.7. The standard InChI is InChI=1S/C78H152O17P2/c1-7-10-12-14-16-18-20-21-22-23-24-25-26-27-28-29-30-35-39-43-50-56-62-77(82)94-73(66-88-76(81)61-55-49-42-38-34-32-31-33-36-40-46-52-58-70(4)5)68-92-96(84,85)90-64-72(79)65-91-97(86,87)93-69-74(95-78(83)63-57-51-45-44-47-53-59-71(6)9-3)67-89-75(80)60-54-48-41-37-19-17-15-13-11-8-2/h70-74,79H,7-69H2,1-6H3,(H,84,85)(H,86,87)/t71?,72-,73-,74-/m1/s1. The average molecular weight is 1420 g/mol. The second-order valence-electron chi connectivity index (χ2n) is 28.8. The molecule has 0 aromatic heterocycles. The van der Waals surface area contributed by atoms with Crippen molar-refractivity contribution in [3.63, 3.8) is 0 Å². The van der Waals surface area contributed by atoms with Crippen LogP contribution < -0.4 is 0 Å². The molecule has 0 rings (SSSR count). The van der Waals surface area contributed by atoms with Crippen LogP contribution in [0.5, 0.6) is 0 Å². The third-order valence-electron chi connectivity index (χ3n) is 18.6. The van der Waals surface area contributed by atoms with E-state index < -0.39 is 97.5 Å². The molecule has 0 heterocycles. The van der Waals surface area contributed by atoms with Gasteiger partial charge < -0.3 is 33.8 Å². The Bertz CT molecular complexity index is 1870. The summed E-state index contributed by atoms with van der Waals surface area (Å²) in [5.41, 5.74) is 0. The zero-order valence-electron chi connectivity index (χ0n) is 63.4. The third kappa shape index (κ3) is 70.9. The number of esters is 4. The Labute approximate surface area is 594 Å². The van der Waals surface area contributed by atoms with Gasteiger partial charge in [-0.3, -0.25) is 37.3 Å². The molecule has 0 spiro atoms. The predicted octanol–water partition coefficient (Wildman–Crippen LogP) is 23.1. The van der Waals surface area contributed by atoms with E-state index in [-0.39, 0.29) is 25.7 Å². The maximum atomic E-state index is 13.1. The van der Waals surface area contributed by atoms with Crippen LogP contribution in [0.4, 0.5) is 0 Å². The Morgan fingerprint density at radius 3 is 0.784 bits per heavy atom. The van der Waals surface area contributed by atoms with Crippen molar-refractivity contribution in [2.75, 3.05) is 39.6 Å². The van der Waals surface area contributed by atoms with Crippen molar-refractivity contribution in [1.82, 2.24) is 0 Å². The molecule has 0 aliphatic rings. The van der Waals surface area contributed by atoms with Gasteiger partial charge in [0, 0.05) is 25.7 Å². The summed E-state index contributed by atoms with van der Waals surface area (Å²) in [5, 5.41) is 10.6. The summed E-state index contributed by atoms with van der Waals surface area (Å²) in [6.07, 6.45) is 58.5. The molecule has 0 aromatic carbocycles. The number of phosphoric ester groups is 2. The molecule has 6 atom stereocenters. The Morgan fingerprint density at radius 1 is 0.299 bits per heavy atom. The van der Waals surface area contributed by atoms with E-state index in [1.54, 1.807) is 0 Å². The lowest BCUT2D eigenvalue weighted by Gasteiger charge is -2.21. The first-order valence-electron chi connectivity index (χ1n) is 40.5. The van der Waals surface area contributed by atoms with Gasteiger partial charge in [-0.2, -0.15) is 0 Å².